The average molecular weight is 288 g/mol. The van der Waals surface area contributed by atoms with Crippen LogP contribution in [0.25, 0.3) is 0 Å². The topological polar surface area (TPSA) is 33.1 Å². The van der Waals surface area contributed by atoms with Crippen LogP contribution in [0.15, 0.2) is 23.6 Å². The quantitative estimate of drug-likeness (QED) is 0.924. The Balaban J connectivity index is 2.22. The minimum absolute atomic E-state index is 0.424. The summed E-state index contributed by atoms with van der Waals surface area (Å²) in [6.07, 6.45) is -0.300. The standard InChI is InChI=1S/C12H11Cl2NOS/c1-7-15-8(6-17-7)5-11(16)12-9(13)3-2-4-10(12)14/h2-4,6,11,16H,5H2,1H3. The van der Waals surface area contributed by atoms with Crippen LogP contribution in [-0.4, -0.2) is 10.1 Å². The molecule has 0 bridgehead atoms. The molecule has 1 atom stereocenters. The number of aryl methyl sites for hydroxylation is 1. The molecule has 5 heteroatoms. The Morgan fingerprint density at radius 3 is 2.53 bits per heavy atom. The molecule has 90 valence electrons. The normalized spacial score (nSPS) is 12.7. The zero-order valence-electron chi connectivity index (χ0n) is 9.15. The van der Waals surface area contributed by atoms with Gasteiger partial charge >= 0.3 is 0 Å². The maximum Gasteiger partial charge on any atom is 0.0897 e. The fraction of sp³-hybridized carbons (Fsp3) is 0.250. The summed E-state index contributed by atoms with van der Waals surface area (Å²) in [6.45, 7) is 1.93. The molecule has 0 spiro atoms. The second-order valence-corrected chi connectivity index (χ2v) is 5.59. The van der Waals surface area contributed by atoms with E-state index in [2.05, 4.69) is 4.98 Å². The van der Waals surface area contributed by atoms with Crippen LogP contribution in [0.4, 0.5) is 0 Å². The highest BCUT2D eigenvalue weighted by atomic mass is 35.5. The van der Waals surface area contributed by atoms with Crippen molar-refractivity contribution >= 4 is 34.5 Å². The van der Waals surface area contributed by atoms with E-state index in [1.54, 1.807) is 29.5 Å². The number of hydrogen-bond donors (Lipinski definition) is 1. The van der Waals surface area contributed by atoms with E-state index in [1.807, 2.05) is 12.3 Å². The monoisotopic (exact) mass is 287 g/mol. The lowest BCUT2D eigenvalue weighted by molar-refractivity contribution is 0.177. The number of hydrogen-bond acceptors (Lipinski definition) is 3. The van der Waals surface area contributed by atoms with Crippen molar-refractivity contribution in [3.8, 4) is 0 Å². The van der Waals surface area contributed by atoms with Gasteiger partial charge in [-0.1, -0.05) is 29.3 Å². The lowest BCUT2D eigenvalue weighted by Crippen LogP contribution is -2.03. The van der Waals surface area contributed by atoms with Gasteiger partial charge in [0.05, 0.1) is 16.8 Å². The van der Waals surface area contributed by atoms with Gasteiger partial charge in [0, 0.05) is 27.4 Å². The Morgan fingerprint density at radius 2 is 2.00 bits per heavy atom. The smallest absolute Gasteiger partial charge is 0.0897 e. The molecule has 2 nitrogen and oxygen atoms in total. The van der Waals surface area contributed by atoms with E-state index in [0.29, 0.717) is 22.0 Å². The third-order valence-electron chi connectivity index (χ3n) is 2.40. The summed E-state index contributed by atoms with van der Waals surface area (Å²) in [5, 5.41) is 14.0. The Hall–Kier alpha value is -0.610. The molecule has 1 unspecified atom stereocenters. The van der Waals surface area contributed by atoms with Crippen LogP contribution in [0.2, 0.25) is 10.0 Å². The summed E-state index contributed by atoms with van der Waals surface area (Å²) in [6, 6.07) is 5.20. The Kier molecular flexibility index (Phi) is 4.05. The largest absolute Gasteiger partial charge is 0.388 e. The SMILES string of the molecule is Cc1nc(CC(O)c2c(Cl)cccc2Cl)cs1. The van der Waals surface area contributed by atoms with Crippen molar-refractivity contribution in [3.63, 3.8) is 0 Å². The van der Waals surface area contributed by atoms with Crippen LogP contribution in [0.3, 0.4) is 0 Å². The van der Waals surface area contributed by atoms with Crippen molar-refractivity contribution in [3.05, 3.63) is 49.9 Å². The Morgan fingerprint density at radius 1 is 1.35 bits per heavy atom. The summed E-state index contributed by atoms with van der Waals surface area (Å²) in [5.41, 5.74) is 1.43. The van der Waals surface area contributed by atoms with Crippen LogP contribution in [-0.2, 0) is 6.42 Å². The summed E-state index contributed by atoms with van der Waals surface area (Å²) in [4.78, 5) is 4.31. The average Bonchev–Trinajstić information content (AvgIpc) is 2.63. The number of aliphatic hydroxyl groups is 1. The number of nitrogens with zero attached hydrogens (tertiary/aromatic N) is 1. The number of thiazole rings is 1. The number of halogens is 2. The highest BCUT2D eigenvalue weighted by Gasteiger charge is 2.16. The second kappa shape index (κ2) is 5.36. The van der Waals surface area contributed by atoms with Crippen LogP contribution < -0.4 is 0 Å². The van der Waals surface area contributed by atoms with Gasteiger partial charge in [-0.3, -0.25) is 0 Å². The molecule has 0 saturated heterocycles. The third-order valence-corrected chi connectivity index (χ3v) is 3.88. The molecule has 0 aliphatic carbocycles. The highest BCUT2D eigenvalue weighted by Crippen LogP contribution is 2.32. The second-order valence-electron chi connectivity index (χ2n) is 3.71. The first-order chi connectivity index (χ1) is 8.08. The molecule has 1 heterocycles. The first kappa shape index (κ1) is 12.8. The molecule has 0 saturated carbocycles. The Bertz CT molecular complexity index is 507. The molecule has 0 radical (unpaired) electrons. The minimum Gasteiger partial charge on any atom is -0.388 e. The van der Waals surface area contributed by atoms with E-state index in [1.165, 1.54) is 0 Å². The molecule has 2 aromatic rings. The molecule has 0 aliphatic heterocycles. The maximum absolute atomic E-state index is 10.1. The fourth-order valence-electron chi connectivity index (χ4n) is 1.63. The summed E-state index contributed by atoms with van der Waals surface area (Å²) >= 11 is 13.6. The maximum atomic E-state index is 10.1. The van der Waals surface area contributed by atoms with Gasteiger partial charge in [0.25, 0.3) is 0 Å². The van der Waals surface area contributed by atoms with E-state index in [-0.39, 0.29) is 0 Å². The van der Waals surface area contributed by atoms with Crippen molar-refractivity contribution in [2.75, 3.05) is 0 Å². The van der Waals surface area contributed by atoms with Crippen molar-refractivity contribution in [1.82, 2.24) is 4.98 Å². The van der Waals surface area contributed by atoms with Crippen molar-refractivity contribution in [1.29, 1.82) is 0 Å². The molecular weight excluding hydrogens is 277 g/mol. The predicted octanol–water partition coefficient (Wildman–Crippen LogP) is 4.03. The third kappa shape index (κ3) is 2.99. The predicted molar refractivity (Wildman–Crippen MR) is 72.0 cm³/mol. The first-order valence-corrected chi connectivity index (χ1v) is 6.74. The Labute approximate surface area is 114 Å². The van der Waals surface area contributed by atoms with Gasteiger partial charge in [-0.2, -0.15) is 0 Å². The first-order valence-electron chi connectivity index (χ1n) is 5.11. The molecule has 0 amide bonds. The van der Waals surface area contributed by atoms with E-state index in [9.17, 15) is 5.11 Å². The van der Waals surface area contributed by atoms with E-state index in [4.69, 9.17) is 23.2 Å². The van der Waals surface area contributed by atoms with Gasteiger partial charge in [-0.25, -0.2) is 4.98 Å². The molecule has 0 aliphatic rings. The van der Waals surface area contributed by atoms with Crippen molar-refractivity contribution < 1.29 is 5.11 Å². The minimum atomic E-state index is -0.724. The number of aliphatic hydroxyl groups excluding tert-OH is 1. The number of rotatable bonds is 3. The van der Waals surface area contributed by atoms with Gasteiger partial charge < -0.3 is 5.11 Å². The zero-order valence-corrected chi connectivity index (χ0v) is 11.5. The van der Waals surface area contributed by atoms with Crippen molar-refractivity contribution in [2.24, 2.45) is 0 Å². The van der Waals surface area contributed by atoms with Gasteiger partial charge in [0.2, 0.25) is 0 Å². The number of benzene rings is 1. The van der Waals surface area contributed by atoms with E-state index in [0.717, 1.165) is 10.7 Å². The summed E-state index contributed by atoms with van der Waals surface area (Å²) < 4.78 is 0. The number of aromatic nitrogens is 1. The van der Waals surface area contributed by atoms with Crippen LogP contribution in [0.1, 0.15) is 22.4 Å². The lowest BCUT2D eigenvalue weighted by atomic mass is 10.1. The molecule has 2 rings (SSSR count). The van der Waals surface area contributed by atoms with Gasteiger partial charge in [0.1, 0.15) is 0 Å². The summed E-state index contributed by atoms with van der Waals surface area (Å²) in [5.74, 6) is 0. The summed E-state index contributed by atoms with van der Waals surface area (Å²) in [7, 11) is 0. The molecule has 1 aromatic carbocycles. The highest BCUT2D eigenvalue weighted by molar-refractivity contribution is 7.09. The molecule has 1 N–H and O–H groups in total. The lowest BCUT2D eigenvalue weighted by Gasteiger charge is -2.13. The van der Waals surface area contributed by atoms with Gasteiger partial charge in [0.15, 0.2) is 0 Å². The molecule has 17 heavy (non-hydrogen) atoms. The zero-order chi connectivity index (χ0) is 12.4. The van der Waals surface area contributed by atoms with Crippen LogP contribution >= 0.6 is 34.5 Å². The van der Waals surface area contributed by atoms with E-state index >= 15 is 0 Å². The molecule has 0 fully saturated rings. The van der Waals surface area contributed by atoms with Gasteiger partial charge in [-0.05, 0) is 19.1 Å². The van der Waals surface area contributed by atoms with E-state index < -0.39 is 6.10 Å². The van der Waals surface area contributed by atoms with Crippen LogP contribution in [0, 0.1) is 6.92 Å². The van der Waals surface area contributed by atoms with Gasteiger partial charge in [-0.15, -0.1) is 11.3 Å². The molecular formula is C12H11Cl2NOS. The fourth-order valence-corrected chi connectivity index (χ4v) is 2.91. The van der Waals surface area contributed by atoms with Crippen LogP contribution in [0.5, 0.6) is 0 Å². The molecule has 1 aromatic heterocycles. The van der Waals surface area contributed by atoms with Crippen molar-refractivity contribution in [2.45, 2.75) is 19.4 Å².